The van der Waals surface area contributed by atoms with Crippen LogP contribution in [-0.4, -0.2) is 16.8 Å². The molecule has 0 bridgehead atoms. The van der Waals surface area contributed by atoms with E-state index in [1.807, 2.05) is 30.3 Å². The molecule has 2 aliphatic carbocycles. The Morgan fingerprint density at radius 2 is 1.81 bits per heavy atom. The molecule has 0 aromatic heterocycles. The van der Waals surface area contributed by atoms with Crippen molar-refractivity contribution in [1.82, 2.24) is 0 Å². The highest BCUT2D eigenvalue weighted by atomic mass is 16.4. The molecule has 0 saturated heterocycles. The van der Waals surface area contributed by atoms with Crippen molar-refractivity contribution in [2.75, 3.05) is 0 Å². The lowest BCUT2D eigenvalue weighted by Gasteiger charge is -2.29. The molecule has 2 atom stereocenters. The maximum Gasteiger partial charge on any atom is 0.307 e. The number of carbonyl (C=O) groups is 1. The van der Waals surface area contributed by atoms with Gasteiger partial charge >= 0.3 is 5.97 Å². The molecule has 2 aromatic rings. The van der Waals surface area contributed by atoms with E-state index in [0.717, 1.165) is 27.8 Å². The molecule has 4 heteroatoms. The largest absolute Gasteiger partial charge is 0.481 e. The van der Waals surface area contributed by atoms with Gasteiger partial charge in [-0.3, -0.25) is 4.79 Å². The third-order valence-electron chi connectivity index (χ3n) is 4.60. The number of carboxylic acid groups (broad SMARTS) is 1. The van der Waals surface area contributed by atoms with Crippen molar-refractivity contribution in [2.24, 2.45) is 16.9 Å². The van der Waals surface area contributed by atoms with Gasteiger partial charge in [-0.25, -0.2) is 0 Å². The number of fused-ring (bicyclic) bond motifs is 3. The Bertz CT molecular complexity index is 795. The van der Waals surface area contributed by atoms with Gasteiger partial charge < -0.3 is 10.9 Å². The molecule has 0 aliphatic heterocycles. The fourth-order valence-corrected chi connectivity index (χ4v) is 3.76. The van der Waals surface area contributed by atoms with E-state index >= 15 is 0 Å². The maximum atomic E-state index is 11.7. The Morgan fingerprint density at radius 1 is 1.10 bits per heavy atom. The molecule has 0 heterocycles. The lowest BCUT2D eigenvalue weighted by molar-refractivity contribution is -0.142. The van der Waals surface area contributed by atoms with Crippen molar-refractivity contribution in [3.05, 3.63) is 59.2 Å². The number of nitrogens with two attached hydrogens (primary N) is 1. The SMILES string of the molecule is N/N=C1\C[C@@H](C(=O)O)[C@H]2c3ccccc3-c3cccc1c32. The second kappa shape index (κ2) is 4.19. The normalized spacial score (nSPS) is 23.7. The standard InChI is InChI=1S/C17H14N2O2/c18-19-14-8-13(17(20)21)16-10-5-2-1-4-9(10)11-6-3-7-12(14)15(11)16/h1-7,13,16H,8,18H2,(H,20,21)/b19-14+/t13-,16-/m1/s1. The summed E-state index contributed by atoms with van der Waals surface area (Å²) in [5.74, 6) is 4.09. The van der Waals surface area contributed by atoms with Crippen molar-refractivity contribution in [2.45, 2.75) is 12.3 Å². The molecule has 0 spiro atoms. The third-order valence-corrected chi connectivity index (χ3v) is 4.60. The highest BCUT2D eigenvalue weighted by Crippen LogP contribution is 2.53. The Hall–Kier alpha value is -2.62. The van der Waals surface area contributed by atoms with E-state index in [2.05, 4.69) is 17.2 Å². The Kier molecular flexibility index (Phi) is 2.42. The van der Waals surface area contributed by atoms with Crippen molar-refractivity contribution in [1.29, 1.82) is 0 Å². The van der Waals surface area contributed by atoms with Crippen LogP contribution in [0.25, 0.3) is 11.1 Å². The van der Waals surface area contributed by atoms with Crippen LogP contribution in [0, 0.1) is 5.92 Å². The molecule has 3 N–H and O–H groups in total. The van der Waals surface area contributed by atoms with Gasteiger partial charge in [0.15, 0.2) is 0 Å². The average molecular weight is 278 g/mol. The molecule has 21 heavy (non-hydrogen) atoms. The number of hydrogen-bond acceptors (Lipinski definition) is 3. The van der Waals surface area contributed by atoms with Crippen molar-refractivity contribution in [3.63, 3.8) is 0 Å². The summed E-state index contributed by atoms with van der Waals surface area (Å²) in [6.45, 7) is 0. The number of nitrogens with zero attached hydrogens (tertiary/aromatic N) is 1. The van der Waals surface area contributed by atoms with Gasteiger partial charge in [-0.05, 0) is 22.3 Å². The van der Waals surface area contributed by atoms with Gasteiger partial charge in [0.25, 0.3) is 0 Å². The Balaban J connectivity index is 2.07. The van der Waals surface area contributed by atoms with Crippen molar-refractivity contribution < 1.29 is 9.90 Å². The van der Waals surface area contributed by atoms with Crippen LogP contribution in [-0.2, 0) is 4.79 Å². The molecule has 0 unspecified atom stereocenters. The zero-order chi connectivity index (χ0) is 14.6. The summed E-state index contributed by atoms with van der Waals surface area (Å²) < 4.78 is 0. The summed E-state index contributed by atoms with van der Waals surface area (Å²) in [6.07, 6.45) is 0.376. The van der Waals surface area contributed by atoms with Crippen LogP contribution in [0.15, 0.2) is 47.6 Å². The summed E-state index contributed by atoms with van der Waals surface area (Å²) in [5.41, 5.74) is 6.09. The lowest BCUT2D eigenvalue weighted by atomic mass is 9.73. The van der Waals surface area contributed by atoms with Gasteiger partial charge in [0.2, 0.25) is 0 Å². The highest BCUT2D eigenvalue weighted by Gasteiger charge is 2.43. The molecule has 2 aromatic carbocycles. The Morgan fingerprint density at radius 3 is 2.57 bits per heavy atom. The lowest BCUT2D eigenvalue weighted by Crippen LogP contribution is -2.31. The Labute approximate surface area is 121 Å². The highest BCUT2D eigenvalue weighted by molar-refractivity contribution is 6.08. The molecule has 2 aliphatic rings. The molecule has 4 nitrogen and oxygen atoms in total. The number of carboxylic acids is 1. The molecule has 0 amide bonds. The summed E-state index contributed by atoms with van der Waals surface area (Å²) in [6, 6.07) is 14.1. The first-order valence-electron chi connectivity index (χ1n) is 6.94. The van der Waals surface area contributed by atoms with Crippen LogP contribution in [0.4, 0.5) is 0 Å². The van der Waals surface area contributed by atoms with Gasteiger partial charge in [-0.1, -0.05) is 42.5 Å². The first-order valence-corrected chi connectivity index (χ1v) is 6.94. The molecule has 0 radical (unpaired) electrons. The molecule has 104 valence electrons. The van der Waals surface area contributed by atoms with E-state index in [-0.39, 0.29) is 5.92 Å². The molecule has 0 saturated carbocycles. The van der Waals surface area contributed by atoms with Crippen LogP contribution in [0.1, 0.15) is 29.0 Å². The smallest absolute Gasteiger partial charge is 0.307 e. The average Bonchev–Trinajstić information content (AvgIpc) is 2.85. The first-order chi connectivity index (χ1) is 10.2. The number of benzene rings is 2. The van der Waals surface area contributed by atoms with Crippen molar-refractivity contribution in [3.8, 4) is 11.1 Å². The summed E-state index contributed by atoms with van der Waals surface area (Å²) >= 11 is 0. The predicted molar refractivity (Wildman–Crippen MR) is 80.2 cm³/mol. The quantitative estimate of drug-likeness (QED) is 0.621. The minimum absolute atomic E-state index is 0.101. The van der Waals surface area contributed by atoms with Gasteiger partial charge in [0.1, 0.15) is 0 Å². The predicted octanol–water partition coefficient (Wildman–Crippen LogP) is 2.57. The van der Waals surface area contributed by atoms with Gasteiger partial charge in [-0.2, -0.15) is 5.10 Å². The monoisotopic (exact) mass is 278 g/mol. The van der Waals surface area contributed by atoms with E-state index in [9.17, 15) is 9.90 Å². The molecule has 0 fully saturated rings. The van der Waals surface area contributed by atoms with Gasteiger partial charge in [-0.15, -0.1) is 0 Å². The van der Waals surface area contributed by atoms with Crippen LogP contribution in [0.5, 0.6) is 0 Å². The van der Waals surface area contributed by atoms with Crippen molar-refractivity contribution >= 4 is 11.7 Å². The van der Waals surface area contributed by atoms with E-state index in [1.54, 1.807) is 0 Å². The van der Waals surface area contributed by atoms with Gasteiger partial charge in [0, 0.05) is 17.9 Å². The molecular formula is C17H14N2O2. The molecular weight excluding hydrogens is 264 g/mol. The van der Waals surface area contributed by atoms with E-state index in [0.29, 0.717) is 12.1 Å². The van der Waals surface area contributed by atoms with Crippen LogP contribution in [0.3, 0.4) is 0 Å². The number of rotatable bonds is 1. The maximum absolute atomic E-state index is 11.7. The fraction of sp³-hybridized carbons (Fsp3) is 0.176. The minimum atomic E-state index is -0.793. The zero-order valence-electron chi connectivity index (χ0n) is 11.3. The van der Waals surface area contributed by atoms with E-state index < -0.39 is 11.9 Å². The van der Waals surface area contributed by atoms with E-state index in [4.69, 9.17) is 5.84 Å². The fourth-order valence-electron chi connectivity index (χ4n) is 3.76. The third kappa shape index (κ3) is 1.50. The van der Waals surface area contributed by atoms with Gasteiger partial charge in [0.05, 0.1) is 11.6 Å². The van der Waals surface area contributed by atoms with Crippen LogP contribution >= 0.6 is 0 Å². The summed E-state index contributed by atoms with van der Waals surface area (Å²) in [5, 5.41) is 13.5. The number of aliphatic carboxylic acids is 1. The number of hydrazone groups is 1. The first kappa shape index (κ1) is 12.1. The minimum Gasteiger partial charge on any atom is -0.481 e. The van der Waals surface area contributed by atoms with Crippen LogP contribution in [0.2, 0.25) is 0 Å². The zero-order valence-corrected chi connectivity index (χ0v) is 11.3. The molecule has 4 rings (SSSR count). The summed E-state index contributed by atoms with van der Waals surface area (Å²) in [7, 11) is 0. The van der Waals surface area contributed by atoms with E-state index in [1.165, 1.54) is 0 Å². The topological polar surface area (TPSA) is 75.7 Å². The second-order valence-electron chi connectivity index (χ2n) is 5.56. The summed E-state index contributed by atoms with van der Waals surface area (Å²) in [4.78, 5) is 11.7. The second-order valence-corrected chi connectivity index (χ2v) is 5.56. The number of hydrogen-bond donors (Lipinski definition) is 2. The van der Waals surface area contributed by atoms with Crippen LogP contribution < -0.4 is 5.84 Å².